The molecular weight excluding hydrogens is 398 g/mol. The first-order valence-electron chi connectivity index (χ1n) is 7.99. The molecule has 0 bridgehead atoms. The number of nitrogens with zero attached hydrogens (tertiary/aromatic N) is 1. The van der Waals surface area contributed by atoms with Crippen molar-refractivity contribution in [3.8, 4) is 22.8 Å². The number of halogens is 4. The van der Waals surface area contributed by atoms with E-state index in [0.29, 0.717) is 23.3 Å². The highest BCUT2D eigenvalue weighted by atomic mass is 32.1. The first-order chi connectivity index (χ1) is 13.2. The van der Waals surface area contributed by atoms with Gasteiger partial charge < -0.3 is 9.47 Å². The third kappa shape index (κ3) is 4.86. The van der Waals surface area contributed by atoms with E-state index in [2.05, 4.69) is 9.11 Å². The topological polar surface area (TPSA) is 48.4 Å². The Balaban J connectivity index is 1.69. The molecule has 0 radical (unpaired) electrons. The van der Waals surface area contributed by atoms with Crippen molar-refractivity contribution in [2.24, 2.45) is 0 Å². The van der Waals surface area contributed by atoms with Crippen LogP contribution in [0.1, 0.15) is 28.3 Å². The van der Waals surface area contributed by atoms with Gasteiger partial charge in [-0.2, -0.15) is 4.37 Å². The number of carbonyl (C=O) groups is 1. The van der Waals surface area contributed by atoms with Crippen LogP contribution >= 0.6 is 11.5 Å². The Morgan fingerprint density at radius 1 is 1.07 bits per heavy atom. The molecule has 1 heterocycles. The van der Waals surface area contributed by atoms with Crippen molar-refractivity contribution in [2.45, 2.75) is 19.4 Å². The lowest BCUT2D eigenvalue weighted by Crippen LogP contribution is -2.17. The molecule has 2 aromatic carbocycles. The van der Waals surface area contributed by atoms with E-state index in [4.69, 9.17) is 4.74 Å². The number of aldehydes is 1. The standard InChI is InChI=1S/C19H13F4NO3S/c1-11(26-14-4-6-15(7-5-14)27-19(21,22)23)18-9-17(24-28-18)12-2-3-13(10-25)16(20)8-12/h2-11H,1H3. The van der Waals surface area contributed by atoms with Crippen LogP contribution < -0.4 is 9.47 Å². The van der Waals surface area contributed by atoms with Crippen LogP contribution in [0.2, 0.25) is 0 Å². The van der Waals surface area contributed by atoms with Crippen LogP contribution in [0, 0.1) is 5.82 Å². The third-order valence-corrected chi connectivity index (χ3v) is 4.67. The molecule has 3 aromatic rings. The molecule has 0 aliphatic heterocycles. The Morgan fingerprint density at radius 3 is 2.36 bits per heavy atom. The smallest absolute Gasteiger partial charge is 0.485 e. The largest absolute Gasteiger partial charge is 0.573 e. The van der Waals surface area contributed by atoms with Gasteiger partial charge in [0.25, 0.3) is 0 Å². The van der Waals surface area contributed by atoms with Gasteiger partial charge >= 0.3 is 6.36 Å². The summed E-state index contributed by atoms with van der Waals surface area (Å²) in [7, 11) is 0. The highest BCUT2D eigenvalue weighted by molar-refractivity contribution is 7.06. The van der Waals surface area contributed by atoms with Gasteiger partial charge in [0.05, 0.1) is 16.1 Å². The molecule has 1 aromatic heterocycles. The number of hydrogen-bond donors (Lipinski definition) is 0. The van der Waals surface area contributed by atoms with Gasteiger partial charge in [-0.25, -0.2) is 4.39 Å². The summed E-state index contributed by atoms with van der Waals surface area (Å²) < 4.78 is 64.1. The lowest BCUT2D eigenvalue weighted by atomic mass is 10.1. The van der Waals surface area contributed by atoms with E-state index >= 15 is 0 Å². The number of rotatable bonds is 6. The van der Waals surface area contributed by atoms with Crippen molar-refractivity contribution < 1.29 is 31.8 Å². The van der Waals surface area contributed by atoms with E-state index in [1.807, 2.05) is 0 Å². The van der Waals surface area contributed by atoms with Crippen LogP contribution in [0.25, 0.3) is 11.3 Å². The Labute approximate surface area is 161 Å². The highest BCUT2D eigenvalue weighted by Crippen LogP contribution is 2.31. The van der Waals surface area contributed by atoms with Crippen molar-refractivity contribution in [3.05, 3.63) is 64.8 Å². The van der Waals surface area contributed by atoms with Crippen LogP contribution in [-0.4, -0.2) is 17.0 Å². The maximum absolute atomic E-state index is 13.8. The summed E-state index contributed by atoms with van der Waals surface area (Å²) in [4.78, 5) is 11.4. The quantitative estimate of drug-likeness (QED) is 0.380. The molecule has 0 aliphatic rings. The van der Waals surface area contributed by atoms with Gasteiger partial charge in [-0.1, -0.05) is 6.07 Å². The summed E-state index contributed by atoms with van der Waals surface area (Å²) in [5.41, 5.74) is 1.01. The first kappa shape index (κ1) is 19.8. The van der Waals surface area contributed by atoms with E-state index in [1.165, 1.54) is 24.3 Å². The number of benzene rings is 2. The van der Waals surface area contributed by atoms with E-state index < -0.39 is 18.3 Å². The summed E-state index contributed by atoms with van der Waals surface area (Å²) in [6.07, 6.45) is -4.75. The third-order valence-electron chi connectivity index (χ3n) is 3.72. The predicted molar refractivity (Wildman–Crippen MR) is 95.1 cm³/mol. The van der Waals surface area contributed by atoms with E-state index in [-0.39, 0.29) is 11.3 Å². The van der Waals surface area contributed by atoms with Crippen LogP contribution in [-0.2, 0) is 0 Å². The minimum absolute atomic E-state index is 0.0335. The number of ether oxygens (including phenoxy) is 2. The van der Waals surface area contributed by atoms with Gasteiger partial charge in [0.2, 0.25) is 0 Å². The van der Waals surface area contributed by atoms with Crippen molar-refractivity contribution in [1.29, 1.82) is 0 Å². The normalized spacial score (nSPS) is 12.5. The SMILES string of the molecule is CC(Oc1ccc(OC(F)(F)F)cc1)c1cc(-c2ccc(C=O)c(F)c2)ns1. The molecule has 3 rings (SSSR count). The Kier molecular flexibility index (Phi) is 5.64. The second-order valence-corrected chi connectivity index (χ2v) is 6.58. The Morgan fingerprint density at radius 2 is 1.75 bits per heavy atom. The van der Waals surface area contributed by atoms with Gasteiger partial charge in [0.15, 0.2) is 6.29 Å². The zero-order valence-electron chi connectivity index (χ0n) is 14.4. The molecule has 1 unspecified atom stereocenters. The van der Waals surface area contributed by atoms with Crippen molar-refractivity contribution in [2.75, 3.05) is 0 Å². The molecule has 0 amide bonds. The fourth-order valence-corrected chi connectivity index (χ4v) is 3.10. The molecular formula is C19H13F4NO3S. The molecule has 0 spiro atoms. The maximum Gasteiger partial charge on any atom is 0.573 e. The zero-order chi connectivity index (χ0) is 20.3. The number of hydrogen-bond acceptors (Lipinski definition) is 5. The molecule has 0 saturated heterocycles. The van der Waals surface area contributed by atoms with Crippen molar-refractivity contribution >= 4 is 17.8 Å². The number of aromatic nitrogens is 1. The van der Waals surface area contributed by atoms with Crippen LogP contribution in [0.3, 0.4) is 0 Å². The molecule has 9 heteroatoms. The van der Waals surface area contributed by atoms with Crippen LogP contribution in [0.15, 0.2) is 48.5 Å². The Bertz CT molecular complexity index is 970. The summed E-state index contributed by atoms with van der Waals surface area (Å²) in [6, 6.07) is 11.0. The molecule has 0 saturated carbocycles. The fourth-order valence-electron chi connectivity index (χ4n) is 2.38. The number of alkyl halides is 3. The van der Waals surface area contributed by atoms with Gasteiger partial charge in [-0.05, 0) is 60.9 Å². The average Bonchev–Trinajstić information content (AvgIpc) is 3.12. The average molecular weight is 411 g/mol. The minimum atomic E-state index is -4.75. The highest BCUT2D eigenvalue weighted by Gasteiger charge is 2.31. The monoisotopic (exact) mass is 411 g/mol. The molecule has 146 valence electrons. The number of carbonyl (C=O) groups excluding carboxylic acids is 1. The summed E-state index contributed by atoms with van der Waals surface area (Å²) in [5.74, 6) is -0.612. The maximum atomic E-state index is 13.8. The summed E-state index contributed by atoms with van der Waals surface area (Å²) in [6.45, 7) is 1.76. The Hall–Kier alpha value is -2.94. The van der Waals surface area contributed by atoms with E-state index in [1.54, 1.807) is 19.1 Å². The van der Waals surface area contributed by atoms with Gasteiger partial charge in [-0.3, -0.25) is 4.79 Å². The van der Waals surface area contributed by atoms with Crippen molar-refractivity contribution in [3.63, 3.8) is 0 Å². The fraction of sp³-hybridized carbons (Fsp3) is 0.158. The van der Waals surface area contributed by atoms with Gasteiger partial charge in [0.1, 0.15) is 23.4 Å². The lowest BCUT2D eigenvalue weighted by Gasteiger charge is -2.13. The molecule has 0 aliphatic carbocycles. The molecule has 0 N–H and O–H groups in total. The second kappa shape index (κ2) is 7.97. The van der Waals surface area contributed by atoms with E-state index in [9.17, 15) is 22.4 Å². The van der Waals surface area contributed by atoms with Crippen molar-refractivity contribution in [1.82, 2.24) is 4.37 Å². The first-order valence-corrected chi connectivity index (χ1v) is 8.76. The summed E-state index contributed by atoms with van der Waals surface area (Å²) in [5, 5.41) is 0. The van der Waals surface area contributed by atoms with Crippen LogP contribution in [0.5, 0.6) is 11.5 Å². The van der Waals surface area contributed by atoms with E-state index in [0.717, 1.165) is 28.5 Å². The molecule has 28 heavy (non-hydrogen) atoms. The van der Waals surface area contributed by atoms with Gasteiger partial charge in [0, 0.05) is 5.56 Å². The lowest BCUT2D eigenvalue weighted by molar-refractivity contribution is -0.274. The van der Waals surface area contributed by atoms with Gasteiger partial charge in [-0.15, -0.1) is 13.2 Å². The summed E-state index contributed by atoms with van der Waals surface area (Å²) >= 11 is 1.16. The molecule has 1 atom stereocenters. The second-order valence-electron chi connectivity index (χ2n) is 5.75. The minimum Gasteiger partial charge on any atom is -0.485 e. The zero-order valence-corrected chi connectivity index (χ0v) is 15.2. The predicted octanol–water partition coefficient (Wildman–Crippen LogP) is 5.80. The molecule has 4 nitrogen and oxygen atoms in total. The molecule has 0 fully saturated rings. The van der Waals surface area contributed by atoms with Crippen LogP contribution in [0.4, 0.5) is 17.6 Å².